The zero-order valence-corrected chi connectivity index (χ0v) is 16.7. The average molecular weight is 403 g/mol. The van der Waals surface area contributed by atoms with Gasteiger partial charge in [-0.1, -0.05) is 23.8 Å². The Morgan fingerprint density at radius 1 is 0.774 bits per heavy atom. The summed E-state index contributed by atoms with van der Waals surface area (Å²) in [5, 5.41) is 7.55. The van der Waals surface area contributed by atoms with Crippen LogP contribution in [0, 0.1) is 6.92 Å². The summed E-state index contributed by atoms with van der Waals surface area (Å²) in [4.78, 5) is 21.9. The van der Waals surface area contributed by atoms with E-state index < -0.39 is 0 Å². The van der Waals surface area contributed by atoms with E-state index in [1.165, 1.54) is 5.56 Å². The molecular formula is C24H17N7. The molecule has 0 fully saturated rings. The number of nitrogens with one attached hydrogen (secondary N) is 2. The Morgan fingerprint density at radius 3 is 2.55 bits per heavy atom. The maximum Gasteiger partial charge on any atom is 0.161 e. The van der Waals surface area contributed by atoms with Crippen LogP contribution in [-0.2, 0) is 0 Å². The molecule has 0 atom stereocenters. The summed E-state index contributed by atoms with van der Waals surface area (Å²) in [5.41, 5.74) is 8.83. The molecule has 0 saturated carbocycles. The van der Waals surface area contributed by atoms with Crippen molar-refractivity contribution in [3.8, 4) is 34.0 Å². The molecule has 0 aliphatic carbocycles. The molecule has 0 spiro atoms. The first kappa shape index (κ1) is 17.5. The van der Waals surface area contributed by atoms with E-state index in [1.54, 1.807) is 18.6 Å². The van der Waals surface area contributed by atoms with Crippen LogP contribution in [0.25, 0.3) is 56.1 Å². The number of aromatic amines is 2. The number of hydrogen-bond acceptors (Lipinski definition) is 5. The molecule has 0 unspecified atom stereocenters. The lowest BCUT2D eigenvalue weighted by atomic mass is 10.1. The van der Waals surface area contributed by atoms with Crippen LogP contribution >= 0.6 is 0 Å². The number of aryl methyl sites for hydroxylation is 1. The molecule has 148 valence electrons. The molecule has 2 N–H and O–H groups in total. The van der Waals surface area contributed by atoms with Gasteiger partial charge in [0.15, 0.2) is 11.5 Å². The molecule has 7 heteroatoms. The second-order valence-electron chi connectivity index (χ2n) is 7.42. The van der Waals surface area contributed by atoms with Crippen molar-refractivity contribution in [1.82, 2.24) is 35.1 Å². The van der Waals surface area contributed by atoms with E-state index in [1.807, 2.05) is 36.4 Å². The molecule has 0 saturated heterocycles. The Bertz CT molecular complexity index is 1550. The minimum Gasteiger partial charge on any atom is -0.336 e. The number of imidazole rings is 1. The summed E-state index contributed by atoms with van der Waals surface area (Å²) >= 11 is 0. The van der Waals surface area contributed by atoms with E-state index in [4.69, 9.17) is 9.97 Å². The summed E-state index contributed by atoms with van der Waals surface area (Å²) in [7, 11) is 0. The number of benzene rings is 1. The summed E-state index contributed by atoms with van der Waals surface area (Å²) in [6, 6.07) is 18.0. The summed E-state index contributed by atoms with van der Waals surface area (Å²) in [5.74, 6) is 0.652. The molecule has 1 aromatic carbocycles. The van der Waals surface area contributed by atoms with Crippen LogP contribution in [0.3, 0.4) is 0 Å². The molecule has 0 bridgehead atoms. The first-order chi connectivity index (χ1) is 15.3. The maximum absolute atomic E-state index is 4.86. The van der Waals surface area contributed by atoms with Crippen LogP contribution < -0.4 is 0 Å². The molecule has 0 aliphatic rings. The lowest BCUT2D eigenvalue weighted by Crippen LogP contribution is -1.88. The fourth-order valence-corrected chi connectivity index (χ4v) is 3.79. The van der Waals surface area contributed by atoms with Crippen LogP contribution in [0.5, 0.6) is 0 Å². The lowest BCUT2D eigenvalue weighted by Gasteiger charge is -2.02. The van der Waals surface area contributed by atoms with Gasteiger partial charge in [0.2, 0.25) is 0 Å². The molecule has 31 heavy (non-hydrogen) atoms. The Labute approximate surface area is 177 Å². The summed E-state index contributed by atoms with van der Waals surface area (Å²) < 4.78 is 0. The van der Waals surface area contributed by atoms with Crippen molar-refractivity contribution in [2.24, 2.45) is 0 Å². The molecule has 5 heterocycles. The van der Waals surface area contributed by atoms with Crippen LogP contribution in [-0.4, -0.2) is 35.1 Å². The quantitative estimate of drug-likeness (QED) is 0.437. The average Bonchev–Trinajstić information content (AvgIpc) is 3.43. The number of fused-ring (bicyclic) bond motifs is 2. The number of rotatable bonds is 3. The predicted molar refractivity (Wildman–Crippen MR) is 120 cm³/mol. The zero-order valence-electron chi connectivity index (χ0n) is 16.7. The second kappa shape index (κ2) is 6.84. The minimum atomic E-state index is 0.652. The van der Waals surface area contributed by atoms with Gasteiger partial charge in [-0.15, -0.1) is 0 Å². The highest BCUT2D eigenvalue weighted by atomic mass is 15.1. The molecule has 7 nitrogen and oxygen atoms in total. The fourth-order valence-electron chi connectivity index (χ4n) is 3.79. The van der Waals surface area contributed by atoms with Crippen molar-refractivity contribution >= 4 is 22.1 Å². The molecule has 6 aromatic rings. The van der Waals surface area contributed by atoms with Crippen molar-refractivity contribution in [1.29, 1.82) is 0 Å². The van der Waals surface area contributed by atoms with Crippen molar-refractivity contribution in [2.45, 2.75) is 6.92 Å². The monoisotopic (exact) mass is 403 g/mol. The van der Waals surface area contributed by atoms with Crippen LogP contribution in [0.15, 0.2) is 73.2 Å². The van der Waals surface area contributed by atoms with E-state index >= 15 is 0 Å². The smallest absolute Gasteiger partial charge is 0.161 e. The van der Waals surface area contributed by atoms with Gasteiger partial charge in [0.1, 0.15) is 11.0 Å². The highest BCUT2D eigenvalue weighted by Crippen LogP contribution is 2.30. The highest BCUT2D eigenvalue weighted by Gasteiger charge is 2.17. The van der Waals surface area contributed by atoms with Gasteiger partial charge >= 0.3 is 0 Å². The third kappa shape index (κ3) is 2.95. The highest BCUT2D eigenvalue weighted by molar-refractivity contribution is 5.95. The first-order valence-electron chi connectivity index (χ1n) is 9.94. The number of nitrogens with zero attached hydrogens (tertiary/aromatic N) is 5. The third-order valence-corrected chi connectivity index (χ3v) is 5.28. The van der Waals surface area contributed by atoms with Gasteiger partial charge in [-0.25, -0.2) is 9.97 Å². The molecule has 0 aliphatic heterocycles. The Kier molecular flexibility index (Phi) is 3.86. The van der Waals surface area contributed by atoms with Gasteiger partial charge < -0.3 is 4.98 Å². The molecule has 0 amide bonds. The van der Waals surface area contributed by atoms with Crippen molar-refractivity contribution in [3.63, 3.8) is 0 Å². The molecule has 0 radical (unpaired) electrons. The van der Waals surface area contributed by atoms with Crippen molar-refractivity contribution in [2.75, 3.05) is 0 Å². The Morgan fingerprint density at radius 2 is 1.68 bits per heavy atom. The summed E-state index contributed by atoms with van der Waals surface area (Å²) in [6.07, 6.45) is 5.35. The lowest BCUT2D eigenvalue weighted by molar-refractivity contribution is 1.10. The molecule has 5 aromatic heterocycles. The molecular weight excluding hydrogens is 386 g/mol. The van der Waals surface area contributed by atoms with Gasteiger partial charge in [0.25, 0.3) is 0 Å². The van der Waals surface area contributed by atoms with Gasteiger partial charge in [-0.05, 0) is 43.3 Å². The van der Waals surface area contributed by atoms with E-state index in [9.17, 15) is 0 Å². The SMILES string of the molecule is Cc1cccc(-c2nccc3[nH]c(-c4n[nH]c5ccc(-c6cccnc6)nc45)nc23)c1. The Balaban J connectivity index is 1.52. The van der Waals surface area contributed by atoms with Crippen molar-refractivity contribution < 1.29 is 0 Å². The van der Waals surface area contributed by atoms with Crippen LogP contribution in [0.1, 0.15) is 5.56 Å². The topological polar surface area (TPSA) is 96.0 Å². The standard InChI is InChI=1S/C24H17N7/c1-14-4-2-5-15(12-14)20-21-18(9-11-26-20)28-24(29-21)23-22-19(30-31-23)8-7-17(27-22)16-6-3-10-25-13-16/h2-13H,1H3,(H,28,29)(H,30,31). The van der Waals surface area contributed by atoms with Gasteiger partial charge in [0, 0.05) is 29.7 Å². The van der Waals surface area contributed by atoms with E-state index in [0.717, 1.165) is 44.6 Å². The van der Waals surface area contributed by atoms with Crippen LogP contribution in [0.2, 0.25) is 0 Å². The second-order valence-corrected chi connectivity index (χ2v) is 7.42. The van der Waals surface area contributed by atoms with Gasteiger partial charge in [-0.2, -0.15) is 5.10 Å². The molecule has 6 rings (SSSR count). The number of H-pyrrole nitrogens is 2. The van der Waals surface area contributed by atoms with Crippen LogP contribution in [0.4, 0.5) is 0 Å². The first-order valence-corrected chi connectivity index (χ1v) is 9.94. The third-order valence-electron chi connectivity index (χ3n) is 5.28. The van der Waals surface area contributed by atoms with E-state index in [2.05, 4.69) is 50.3 Å². The summed E-state index contributed by atoms with van der Waals surface area (Å²) in [6.45, 7) is 2.07. The van der Waals surface area contributed by atoms with E-state index in [0.29, 0.717) is 11.5 Å². The van der Waals surface area contributed by atoms with Crippen molar-refractivity contribution in [3.05, 3.63) is 78.8 Å². The van der Waals surface area contributed by atoms with Gasteiger partial charge in [-0.3, -0.25) is 15.1 Å². The number of pyridine rings is 3. The fraction of sp³-hybridized carbons (Fsp3) is 0.0417. The van der Waals surface area contributed by atoms with E-state index in [-0.39, 0.29) is 0 Å². The number of hydrogen-bond donors (Lipinski definition) is 2. The maximum atomic E-state index is 4.86. The predicted octanol–water partition coefficient (Wildman–Crippen LogP) is 4.93. The normalized spacial score (nSPS) is 11.4. The Hall–Kier alpha value is -4.39. The number of aromatic nitrogens is 7. The minimum absolute atomic E-state index is 0.652. The zero-order chi connectivity index (χ0) is 20.8. The largest absolute Gasteiger partial charge is 0.336 e. The van der Waals surface area contributed by atoms with Gasteiger partial charge in [0.05, 0.1) is 22.4 Å².